The van der Waals surface area contributed by atoms with Crippen molar-refractivity contribution in [2.45, 2.75) is 44.5 Å². The molecule has 0 radical (unpaired) electrons. The van der Waals surface area contributed by atoms with E-state index in [1.807, 2.05) is 0 Å². The van der Waals surface area contributed by atoms with Gasteiger partial charge in [-0.2, -0.15) is 11.8 Å². The third-order valence-corrected chi connectivity index (χ3v) is 4.67. The first-order valence-electron chi connectivity index (χ1n) is 6.16. The fraction of sp³-hybridized carbons (Fsp3) is 0.571. The maximum atomic E-state index is 3.69. The van der Waals surface area contributed by atoms with Crippen LogP contribution in [0.4, 0.5) is 0 Å². The molecule has 0 saturated carbocycles. The van der Waals surface area contributed by atoms with E-state index in [0.717, 1.165) is 11.8 Å². The number of thioether (sulfide) groups is 1. The van der Waals surface area contributed by atoms with E-state index >= 15 is 0 Å². The Morgan fingerprint density at radius 1 is 1.31 bits per heavy atom. The second kappa shape index (κ2) is 5.74. The molecule has 2 rings (SSSR count). The van der Waals surface area contributed by atoms with Gasteiger partial charge in [0.25, 0.3) is 0 Å². The molecule has 1 N–H and O–H groups in total. The first-order valence-corrected chi connectivity index (χ1v) is 7.21. The van der Waals surface area contributed by atoms with Gasteiger partial charge in [0.05, 0.1) is 0 Å². The molecule has 0 aliphatic carbocycles. The summed E-state index contributed by atoms with van der Waals surface area (Å²) in [5.41, 5.74) is 2.73. The predicted molar refractivity (Wildman–Crippen MR) is 73.0 cm³/mol. The van der Waals surface area contributed by atoms with Crippen molar-refractivity contribution in [2.75, 3.05) is 5.75 Å². The third-order valence-electron chi connectivity index (χ3n) is 3.30. The molecule has 1 heterocycles. The topological polar surface area (TPSA) is 12.0 Å². The summed E-state index contributed by atoms with van der Waals surface area (Å²) in [6.45, 7) is 5.49. The van der Waals surface area contributed by atoms with E-state index in [-0.39, 0.29) is 0 Å². The van der Waals surface area contributed by atoms with Crippen LogP contribution in [0.1, 0.15) is 30.9 Å². The Bertz CT molecular complexity index is 320. The lowest BCUT2D eigenvalue weighted by atomic mass is 10.1. The van der Waals surface area contributed by atoms with Gasteiger partial charge in [-0.15, -0.1) is 0 Å². The molecule has 88 valence electrons. The average Bonchev–Trinajstić information content (AvgIpc) is 2.30. The zero-order chi connectivity index (χ0) is 11.4. The second-order valence-corrected chi connectivity index (χ2v) is 6.18. The van der Waals surface area contributed by atoms with Crippen molar-refractivity contribution in [3.8, 4) is 0 Å². The molecular weight excluding hydrogens is 214 g/mol. The van der Waals surface area contributed by atoms with E-state index < -0.39 is 0 Å². The Labute approximate surface area is 103 Å². The quantitative estimate of drug-likeness (QED) is 0.862. The number of nitrogens with one attached hydrogen (secondary N) is 1. The molecule has 1 aliphatic heterocycles. The van der Waals surface area contributed by atoms with Gasteiger partial charge in [0.2, 0.25) is 0 Å². The summed E-state index contributed by atoms with van der Waals surface area (Å²) in [4.78, 5) is 0. The normalized spacial score (nSPS) is 25.6. The Morgan fingerprint density at radius 2 is 2.06 bits per heavy atom. The van der Waals surface area contributed by atoms with Crippen LogP contribution in [0.5, 0.6) is 0 Å². The minimum Gasteiger partial charge on any atom is -0.309 e. The van der Waals surface area contributed by atoms with Crippen molar-refractivity contribution in [2.24, 2.45) is 0 Å². The Hall–Kier alpha value is -0.470. The first kappa shape index (κ1) is 12.0. The molecule has 1 nitrogen and oxygen atoms in total. The summed E-state index contributed by atoms with van der Waals surface area (Å²) in [6, 6.07) is 9.53. The van der Waals surface area contributed by atoms with Crippen LogP contribution < -0.4 is 5.32 Å². The van der Waals surface area contributed by atoms with Gasteiger partial charge in [-0.3, -0.25) is 0 Å². The molecular formula is C14H21NS. The highest BCUT2D eigenvalue weighted by Gasteiger charge is 2.20. The van der Waals surface area contributed by atoms with Crippen LogP contribution in [-0.4, -0.2) is 17.0 Å². The molecule has 16 heavy (non-hydrogen) atoms. The smallest absolute Gasteiger partial charge is 0.0208 e. The summed E-state index contributed by atoms with van der Waals surface area (Å²) in [6.07, 6.45) is 2.70. The highest BCUT2D eigenvalue weighted by Crippen LogP contribution is 2.25. The third kappa shape index (κ3) is 3.26. The highest BCUT2D eigenvalue weighted by molar-refractivity contribution is 7.99. The zero-order valence-electron chi connectivity index (χ0n) is 10.2. The van der Waals surface area contributed by atoms with Crippen LogP contribution >= 0.6 is 11.8 Å². The van der Waals surface area contributed by atoms with Crippen LogP contribution in [0.25, 0.3) is 0 Å². The molecule has 1 aromatic rings. The number of aryl methyl sites for hydroxylation is 1. The molecule has 1 aliphatic rings. The van der Waals surface area contributed by atoms with Gasteiger partial charge in [-0.05, 0) is 31.1 Å². The largest absolute Gasteiger partial charge is 0.309 e. The number of hydrogen-bond donors (Lipinski definition) is 1. The standard InChI is InChI=1S/C14H21NS/c1-11-5-7-13(8-6-11)10-15-14-4-3-9-16-12(14)2/h5-8,12,14-15H,3-4,9-10H2,1-2H3. The van der Waals surface area contributed by atoms with Crippen molar-refractivity contribution >= 4 is 11.8 Å². The van der Waals surface area contributed by atoms with Gasteiger partial charge in [0, 0.05) is 17.8 Å². The fourth-order valence-electron chi connectivity index (χ4n) is 2.15. The molecule has 1 fully saturated rings. The minimum atomic E-state index is 0.694. The molecule has 2 heteroatoms. The lowest BCUT2D eigenvalue weighted by molar-refractivity contribution is 0.462. The Morgan fingerprint density at radius 3 is 2.75 bits per heavy atom. The van der Waals surface area contributed by atoms with Gasteiger partial charge in [0.1, 0.15) is 0 Å². The van der Waals surface area contributed by atoms with Gasteiger partial charge < -0.3 is 5.32 Å². The Kier molecular flexibility index (Phi) is 4.30. The maximum absolute atomic E-state index is 3.69. The zero-order valence-corrected chi connectivity index (χ0v) is 11.0. The van der Waals surface area contributed by atoms with Crippen molar-refractivity contribution in [1.82, 2.24) is 5.32 Å². The van der Waals surface area contributed by atoms with E-state index in [4.69, 9.17) is 0 Å². The SMILES string of the molecule is Cc1ccc(CNC2CCCSC2C)cc1. The van der Waals surface area contributed by atoms with E-state index in [2.05, 4.69) is 55.2 Å². The van der Waals surface area contributed by atoms with E-state index in [9.17, 15) is 0 Å². The molecule has 0 aromatic heterocycles. The van der Waals surface area contributed by atoms with E-state index in [1.54, 1.807) is 0 Å². The van der Waals surface area contributed by atoms with Crippen molar-refractivity contribution in [1.29, 1.82) is 0 Å². The molecule has 2 unspecified atom stereocenters. The number of benzene rings is 1. The van der Waals surface area contributed by atoms with E-state index in [0.29, 0.717) is 6.04 Å². The summed E-state index contributed by atoms with van der Waals surface area (Å²) >= 11 is 2.10. The molecule has 1 saturated heterocycles. The van der Waals surface area contributed by atoms with Crippen LogP contribution in [0.3, 0.4) is 0 Å². The minimum absolute atomic E-state index is 0.694. The lowest BCUT2D eigenvalue weighted by Crippen LogP contribution is -2.38. The van der Waals surface area contributed by atoms with Crippen molar-refractivity contribution in [3.63, 3.8) is 0 Å². The van der Waals surface area contributed by atoms with Crippen molar-refractivity contribution in [3.05, 3.63) is 35.4 Å². The lowest BCUT2D eigenvalue weighted by Gasteiger charge is -2.29. The van der Waals surface area contributed by atoms with Crippen LogP contribution in [0.15, 0.2) is 24.3 Å². The van der Waals surface area contributed by atoms with Crippen LogP contribution in [0, 0.1) is 6.92 Å². The number of rotatable bonds is 3. The predicted octanol–water partition coefficient (Wildman–Crippen LogP) is 3.37. The molecule has 2 atom stereocenters. The summed E-state index contributed by atoms with van der Waals surface area (Å²) in [5, 5.41) is 4.45. The summed E-state index contributed by atoms with van der Waals surface area (Å²) in [7, 11) is 0. The van der Waals surface area contributed by atoms with Gasteiger partial charge in [-0.1, -0.05) is 36.8 Å². The average molecular weight is 235 g/mol. The highest BCUT2D eigenvalue weighted by atomic mass is 32.2. The van der Waals surface area contributed by atoms with Crippen LogP contribution in [0.2, 0.25) is 0 Å². The molecule has 1 aromatic carbocycles. The van der Waals surface area contributed by atoms with Gasteiger partial charge in [-0.25, -0.2) is 0 Å². The molecule has 0 spiro atoms. The van der Waals surface area contributed by atoms with E-state index in [1.165, 1.54) is 29.7 Å². The molecule has 0 amide bonds. The van der Waals surface area contributed by atoms with Crippen LogP contribution in [-0.2, 0) is 6.54 Å². The first-order chi connectivity index (χ1) is 7.75. The fourth-order valence-corrected chi connectivity index (χ4v) is 3.32. The van der Waals surface area contributed by atoms with Crippen molar-refractivity contribution < 1.29 is 0 Å². The summed E-state index contributed by atoms with van der Waals surface area (Å²) in [5.74, 6) is 1.34. The summed E-state index contributed by atoms with van der Waals surface area (Å²) < 4.78 is 0. The molecule has 0 bridgehead atoms. The van der Waals surface area contributed by atoms with Gasteiger partial charge in [0.15, 0.2) is 0 Å². The number of hydrogen-bond acceptors (Lipinski definition) is 2. The monoisotopic (exact) mass is 235 g/mol. The van der Waals surface area contributed by atoms with Gasteiger partial charge >= 0.3 is 0 Å². The Balaban J connectivity index is 1.84. The second-order valence-electron chi connectivity index (χ2n) is 4.69. The maximum Gasteiger partial charge on any atom is 0.0208 e.